The Morgan fingerprint density at radius 2 is 2.10 bits per heavy atom. The molecule has 0 aliphatic rings. The predicted octanol–water partition coefficient (Wildman–Crippen LogP) is 3.44. The third-order valence-electron chi connectivity index (χ3n) is 4.18. The molecule has 0 spiro atoms. The Hall–Kier alpha value is -3.34. The number of benzene rings is 1. The van der Waals surface area contributed by atoms with Crippen LogP contribution in [0.5, 0.6) is 0 Å². The highest BCUT2D eigenvalue weighted by Crippen LogP contribution is 2.26. The average Bonchev–Trinajstić information content (AvgIpc) is 3.17. The predicted molar refractivity (Wildman–Crippen MR) is 107 cm³/mol. The SMILES string of the molecule is CCOC(=O)C(Cn1cccn1)OC(=O)Nc1c(C)ccc(CC(C)C)c1C#N. The molecule has 0 saturated heterocycles. The van der Waals surface area contributed by atoms with Crippen LogP contribution in [0.25, 0.3) is 0 Å². The number of amides is 1. The minimum Gasteiger partial charge on any atom is -0.463 e. The lowest BCUT2D eigenvalue weighted by atomic mass is 9.95. The maximum Gasteiger partial charge on any atom is 0.412 e. The monoisotopic (exact) mass is 398 g/mol. The van der Waals surface area contributed by atoms with E-state index in [2.05, 4.69) is 30.3 Å². The zero-order valence-electron chi connectivity index (χ0n) is 17.1. The van der Waals surface area contributed by atoms with E-state index >= 15 is 0 Å². The molecular formula is C21H26N4O4. The van der Waals surface area contributed by atoms with Crippen molar-refractivity contribution < 1.29 is 19.1 Å². The molecule has 0 radical (unpaired) electrons. The molecule has 1 unspecified atom stereocenters. The summed E-state index contributed by atoms with van der Waals surface area (Å²) in [6, 6.07) is 7.61. The van der Waals surface area contributed by atoms with Gasteiger partial charge in [0.25, 0.3) is 0 Å². The van der Waals surface area contributed by atoms with Crippen LogP contribution in [-0.4, -0.2) is 34.6 Å². The van der Waals surface area contributed by atoms with Crippen LogP contribution >= 0.6 is 0 Å². The van der Waals surface area contributed by atoms with Gasteiger partial charge in [-0.15, -0.1) is 0 Å². The Morgan fingerprint density at radius 3 is 2.69 bits per heavy atom. The summed E-state index contributed by atoms with van der Waals surface area (Å²) in [6.07, 6.45) is 1.92. The third-order valence-corrected chi connectivity index (χ3v) is 4.18. The molecule has 1 atom stereocenters. The van der Waals surface area contributed by atoms with Gasteiger partial charge in [0.2, 0.25) is 6.10 Å². The number of nitriles is 1. The van der Waals surface area contributed by atoms with Gasteiger partial charge in [-0.05, 0) is 43.4 Å². The van der Waals surface area contributed by atoms with Crippen molar-refractivity contribution in [3.05, 3.63) is 47.3 Å². The molecule has 8 heteroatoms. The normalized spacial score (nSPS) is 11.6. The third kappa shape index (κ3) is 6.07. The second-order valence-corrected chi connectivity index (χ2v) is 7.00. The lowest BCUT2D eigenvalue weighted by Gasteiger charge is -2.19. The molecule has 0 bridgehead atoms. The maximum absolute atomic E-state index is 12.5. The van der Waals surface area contributed by atoms with E-state index in [0.717, 1.165) is 11.1 Å². The second-order valence-electron chi connectivity index (χ2n) is 7.00. The summed E-state index contributed by atoms with van der Waals surface area (Å²) in [7, 11) is 0. The van der Waals surface area contributed by atoms with Gasteiger partial charge in [-0.3, -0.25) is 10.00 Å². The number of nitrogens with zero attached hydrogens (tertiary/aromatic N) is 3. The van der Waals surface area contributed by atoms with E-state index in [-0.39, 0.29) is 13.2 Å². The highest BCUT2D eigenvalue weighted by molar-refractivity contribution is 5.90. The molecule has 0 saturated carbocycles. The molecule has 1 aromatic carbocycles. The van der Waals surface area contributed by atoms with Crippen LogP contribution in [0.4, 0.5) is 10.5 Å². The highest BCUT2D eigenvalue weighted by Gasteiger charge is 2.26. The number of rotatable bonds is 8. The Labute approximate surface area is 170 Å². The fourth-order valence-corrected chi connectivity index (χ4v) is 2.88. The van der Waals surface area contributed by atoms with Gasteiger partial charge in [-0.2, -0.15) is 10.4 Å². The van der Waals surface area contributed by atoms with E-state index in [1.54, 1.807) is 32.3 Å². The minimum atomic E-state index is -1.17. The van der Waals surface area contributed by atoms with Crippen LogP contribution in [0.1, 0.15) is 37.5 Å². The summed E-state index contributed by atoms with van der Waals surface area (Å²) >= 11 is 0. The van der Waals surface area contributed by atoms with Crippen LogP contribution < -0.4 is 5.32 Å². The van der Waals surface area contributed by atoms with E-state index in [0.29, 0.717) is 23.6 Å². The van der Waals surface area contributed by atoms with Crippen molar-refractivity contribution in [3.8, 4) is 6.07 Å². The summed E-state index contributed by atoms with van der Waals surface area (Å²) in [5.74, 6) is -0.309. The molecule has 8 nitrogen and oxygen atoms in total. The highest BCUT2D eigenvalue weighted by atomic mass is 16.6. The summed E-state index contributed by atoms with van der Waals surface area (Å²) in [6.45, 7) is 7.77. The van der Waals surface area contributed by atoms with E-state index in [9.17, 15) is 14.9 Å². The zero-order chi connectivity index (χ0) is 21.4. The number of ether oxygens (including phenoxy) is 2. The van der Waals surface area contributed by atoms with Gasteiger partial charge in [-0.25, -0.2) is 9.59 Å². The molecule has 2 aromatic rings. The Balaban J connectivity index is 2.21. The Bertz CT molecular complexity index is 885. The smallest absolute Gasteiger partial charge is 0.412 e. The van der Waals surface area contributed by atoms with Crippen LogP contribution in [0.15, 0.2) is 30.6 Å². The molecule has 1 aromatic heterocycles. The number of carbonyl (C=O) groups is 2. The summed E-state index contributed by atoms with van der Waals surface area (Å²) in [5, 5.41) is 16.3. The lowest BCUT2D eigenvalue weighted by molar-refractivity contribution is -0.153. The molecular weight excluding hydrogens is 372 g/mol. The summed E-state index contributed by atoms with van der Waals surface area (Å²) < 4.78 is 11.8. The lowest BCUT2D eigenvalue weighted by Crippen LogP contribution is -2.35. The summed E-state index contributed by atoms with van der Waals surface area (Å²) in [5.41, 5.74) is 2.36. The minimum absolute atomic E-state index is 0.0245. The molecule has 1 amide bonds. The molecule has 0 fully saturated rings. The molecule has 2 rings (SSSR count). The van der Waals surface area contributed by atoms with Crippen LogP contribution in [0.3, 0.4) is 0 Å². The van der Waals surface area contributed by atoms with Gasteiger partial charge in [0.15, 0.2) is 0 Å². The van der Waals surface area contributed by atoms with Crippen molar-refractivity contribution in [1.29, 1.82) is 5.26 Å². The van der Waals surface area contributed by atoms with Crippen molar-refractivity contribution in [2.45, 2.75) is 46.8 Å². The number of hydrogen-bond donors (Lipinski definition) is 1. The Morgan fingerprint density at radius 1 is 1.34 bits per heavy atom. The molecule has 1 heterocycles. The molecule has 29 heavy (non-hydrogen) atoms. The number of aromatic nitrogens is 2. The van der Waals surface area contributed by atoms with Crippen LogP contribution in [-0.2, 0) is 27.2 Å². The van der Waals surface area contributed by atoms with Gasteiger partial charge < -0.3 is 9.47 Å². The van der Waals surface area contributed by atoms with Gasteiger partial charge in [0.1, 0.15) is 6.07 Å². The second kappa shape index (κ2) is 10.3. The van der Waals surface area contributed by atoms with E-state index in [1.165, 1.54) is 4.68 Å². The van der Waals surface area contributed by atoms with Crippen molar-refractivity contribution in [2.24, 2.45) is 5.92 Å². The van der Waals surface area contributed by atoms with E-state index in [4.69, 9.17) is 9.47 Å². The maximum atomic E-state index is 12.5. The van der Waals surface area contributed by atoms with Crippen molar-refractivity contribution in [3.63, 3.8) is 0 Å². The number of anilines is 1. The first kappa shape index (κ1) is 22.0. The molecule has 0 aliphatic carbocycles. The fourth-order valence-electron chi connectivity index (χ4n) is 2.88. The van der Waals surface area contributed by atoms with Gasteiger partial charge >= 0.3 is 12.1 Å². The first-order chi connectivity index (χ1) is 13.8. The van der Waals surface area contributed by atoms with Gasteiger partial charge in [-0.1, -0.05) is 26.0 Å². The zero-order valence-corrected chi connectivity index (χ0v) is 17.1. The molecule has 0 aliphatic heterocycles. The largest absolute Gasteiger partial charge is 0.463 e. The molecule has 154 valence electrons. The van der Waals surface area contributed by atoms with Crippen molar-refractivity contribution >= 4 is 17.7 Å². The van der Waals surface area contributed by atoms with Gasteiger partial charge in [0, 0.05) is 12.4 Å². The number of carbonyl (C=O) groups excluding carboxylic acids is 2. The standard InChI is InChI=1S/C21H26N4O4/c1-5-28-20(26)18(13-25-10-6-9-23-25)29-21(27)24-19-15(4)7-8-16(11-14(2)3)17(19)12-22/h6-10,14,18H,5,11,13H2,1-4H3,(H,24,27). The van der Waals surface area contributed by atoms with E-state index in [1.807, 2.05) is 12.1 Å². The Kier molecular flexibility index (Phi) is 7.78. The number of aryl methyl sites for hydroxylation is 1. The average molecular weight is 398 g/mol. The number of esters is 1. The topological polar surface area (TPSA) is 106 Å². The number of hydrogen-bond acceptors (Lipinski definition) is 6. The fraction of sp³-hybridized carbons (Fsp3) is 0.429. The quantitative estimate of drug-likeness (QED) is 0.683. The number of nitrogens with one attached hydrogen (secondary N) is 1. The molecule has 1 N–H and O–H groups in total. The van der Waals surface area contributed by atoms with Crippen LogP contribution in [0.2, 0.25) is 0 Å². The first-order valence-corrected chi connectivity index (χ1v) is 9.49. The van der Waals surface area contributed by atoms with Crippen LogP contribution in [0, 0.1) is 24.2 Å². The van der Waals surface area contributed by atoms with E-state index < -0.39 is 18.2 Å². The summed E-state index contributed by atoms with van der Waals surface area (Å²) in [4.78, 5) is 24.7. The van der Waals surface area contributed by atoms with Crippen molar-refractivity contribution in [1.82, 2.24) is 9.78 Å². The first-order valence-electron chi connectivity index (χ1n) is 9.49. The van der Waals surface area contributed by atoms with Crippen molar-refractivity contribution in [2.75, 3.05) is 11.9 Å². The van der Waals surface area contributed by atoms with Gasteiger partial charge in [0.05, 0.1) is 24.4 Å².